The first-order valence-electron chi connectivity index (χ1n) is 8.73. The van der Waals surface area contributed by atoms with Crippen LogP contribution in [0.2, 0.25) is 5.02 Å². The molecule has 1 amide bonds. The molecule has 0 saturated heterocycles. The summed E-state index contributed by atoms with van der Waals surface area (Å²) in [5.41, 5.74) is 1.44. The van der Waals surface area contributed by atoms with Gasteiger partial charge in [-0.25, -0.2) is 8.42 Å². The second-order valence-corrected chi connectivity index (χ2v) is 8.41. The van der Waals surface area contributed by atoms with Gasteiger partial charge in [0.1, 0.15) is 0 Å². The number of nitrogens with zero attached hydrogens (tertiary/aromatic N) is 1. The van der Waals surface area contributed by atoms with Crippen molar-refractivity contribution in [3.05, 3.63) is 84.4 Å². The van der Waals surface area contributed by atoms with Crippen LogP contribution in [0.4, 0.5) is 5.69 Å². The summed E-state index contributed by atoms with van der Waals surface area (Å²) in [5, 5.41) is 3.40. The number of benzene rings is 2. The van der Waals surface area contributed by atoms with Gasteiger partial charge in [-0.15, -0.1) is 13.2 Å². The first-order chi connectivity index (χ1) is 13.4. The van der Waals surface area contributed by atoms with Gasteiger partial charge < -0.3 is 5.32 Å². The zero-order chi connectivity index (χ0) is 20.6. The number of hydrogen-bond donors (Lipinski definition) is 1. The Morgan fingerprint density at radius 3 is 2.21 bits per heavy atom. The second kappa shape index (κ2) is 10.2. The van der Waals surface area contributed by atoms with Gasteiger partial charge in [0.25, 0.3) is 0 Å². The van der Waals surface area contributed by atoms with E-state index in [1.165, 1.54) is 28.6 Å². The highest BCUT2D eigenvalue weighted by molar-refractivity contribution is 7.89. The maximum atomic E-state index is 12.7. The van der Waals surface area contributed by atoms with E-state index < -0.39 is 10.0 Å². The highest BCUT2D eigenvalue weighted by atomic mass is 35.5. The summed E-state index contributed by atoms with van der Waals surface area (Å²) in [4.78, 5) is 12.3. The molecule has 2 aromatic carbocycles. The van der Waals surface area contributed by atoms with Crippen LogP contribution in [0.5, 0.6) is 0 Å². The number of anilines is 1. The molecule has 0 heterocycles. The van der Waals surface area contributed by atoms with Gasteiger partial charge in [-0.2, -0.15) is 4.31 Å². The number of halogens is 1. The van der Waals surface area contributed by atoms with Crippen LogP contribution in [-0.2, 0) is 21.2 Å². The Morgan fingerprint density at radius 1 is 1.04 bits per heavy atom. The van der Waals surface area contributed by atoms with Crippen molar-refractivity contribution >= 4 is 33.2 Å². The highest BCUT2D eigenvalue weighted by Crippen LogP contribution is 2.20. The number of nitrogens with one attached hydrogen (secondary N) is 1. The van der Waals surface area contributed by atoms with E-state index in [1.807, 2.05) is 18.2 Å². The summed E-state index contributed by atoms with van der Waals surface area (Å²) < 4.78 is 26.6. The fourth-order valence-corrected chi connectivity index (χ4v) is 4.20. The number of carbonyl (C=O) groups is 1. The maximum absolute atomic E-state index is 12.7. The van der Waals surface area contributed by atoms with Gasteiger partial charge >= 0.3 is 0 Å². The Labute approximate surface area is 171 Å². The van der Waals surface area contributed by atoms with Crippen molar-refractivity contribution in [1.29, 1.82) is 0 Å². The van der Waals surface area contributed by atoms with E-state index >= 15 is 0 Å². The highest BCUT2D eigenvalue weighted by Gasteiger charge is 2.22. The minimum atomic E-state index is -3.66. The first kappa shape index (κ1) is 21.9. The zero-order valence-corrected chi connectivity index (χ0v) is 17.0. The summed E-state index contributed by atoms with van der Waals surface area (Å²) in [5.74, 6) is -0.171. The van der Waals surface area contributed by atoms with E-state index in [9.17, 15) is 13.2 Å². The molecule has 2 rings (SSSR count). The van der Waals surface area contributed by atoms with Crippen LogP contribution in [0, 0.1) is 0 Å². The van der Waals surface area contributed by atoms with Crippen LogP contribution in [-0.4, -0.2) is 31.7 Å². The minimum absolute atomic E-state index is 0.144. The minimum Gasteiger partial charge on any atom is -0.326 e. The van der Waals surface area contributed by atoms with Crippen molar-refractivity contribution in [2.45, 2.75) is 17.7 Å². The van der Waals surface area contributed by atoms with E-state index in [-0.39, 0.29) is 30.3 Å². The summed E-state index contributed by atoms with van der Waals surface area (Å²) in [7, 11) is -3.66. The van der Waals surface area contributed by atoms with Crippen LogP contribution >= 0.6 is 11.6 Å². The molecule has 0 spiro atoms. The third kappa shape index (κ3) is 5.79. The van der Waals surface area contributed by atoms with Crippen LogP contribution < -0.4 is 5.32 Å². The topological polar surface area (TPSA) is 66.5 Å². The molecule has 28 heavy (non-hydrogen) atoms. The van der Waals surface area contributed by atoms with Gasteiger partial charge in [-0.3, -0.25) is 4.79 Å². The van der Waals surface area contributed by atoms with E-state index in [4.69, 9.17) is 11.6 Å². The number of amides is 1. The average Bonchev–Trinajstić information content (AvgIpc) is 2.67. The summed E-state index contributed by atoms with van der Waals surface area (Å²) in [6.45, 7) is 7.55. The SMILES string of the molecule is C=CCN(CC=C)S(=O)(=O)c1ccc(NC(=O)CCc2ccccc2Cl)cc1. The van der Waals surface area contributed by atoms with Gasteiger partial charge in [-0.05, 0) is 42.3 Å². The number of sulfonamides is 1. The molecule has 7 heteroatoms. The zero-order valence-electron chi connectivity index (χ0n) is 15.5. The van der Waals surface area contributed by atoms with Gasteiger partial charge in [-0.1, -0.05) is 42.0 Å². The fraction of sp³-hybridized carbons (Fsp3) is 0.190. The number of aryl methyl sites for hydroxylation is 1. The quantitative estimate of drug-likeness (QED) is 0.586. The van der Waals surface area contributed by atoms with E-state index in [0.717, 1.165) is 5.56 Å². The lowest BCUT2D eigenvalue weighted by atomic mass is 10.1. The Balaban J connectivity index is 2.01. The first-order valence-corrected chi connectivity index (χ1v) is 10.6. The third-order valence-electron chi connectivity index (χ3n) is 4.02. The Morgan fingerprint density at radius 2 is 1.64 bits per heavy atom. The lowest BCUT2D eigenvalue weighted by Crippen LogP contribution is -2.31. The normalized spacial score (nSPS) is 11.2. The lowest BCUT2D eigenvalue weighted by molar-refractivity contribution is -0.116. The second-order valence-electron chi connectivity index (χ2n) is 6.06. The van der Waals surface area contributed by atoms with Crippen LogP contribution in [0.3, 0.4) is 0 Å². The lowest BCUT2D eigenvalue weighted by Gasteiger charge is -2.19. The summed E-state index contributed by atoms with van der Waals surface area (Å²) in [6, 6.07) is 13.5. The standard InChI is InChI=1S/C21H23ClN2O3S/c1-3-15-24(16-4-2)28(26,27)19-12-10-18(11-13-19)23-21(25)14-9-17-7-5-6-8-20(17)22/h3-8,10-13H,1-2,9,14-16H2,(H,23,25). The number of hydrogen-bond acceptors (Lipinski definition) is 3. The van der Waals surface area contributed by atoms with Crippen molar-refractivity contribution in [2.24, 2.45) is 0 Å². The number of rotatable bonds is 10. The predicted molar refractivity (Wildman–Crippen MR) is 114 cm³/mol. The molecule has 0 atom stereocenters. The van der Waals surface area contributed by atoms with E-state index in [2.05, 4.69) is 18.5 Å². The van der Waals surface area contributed by atoms with Crippen LogP contribution in [0.25, 0.3) is 0 Å². The smallest absolute Gasteiger partial charge is 0.243 e. The average molecular weight is 419 g/mol. The van der Waals surface area contributed by atoms with Gasteiger partial charge in [0.15, 0.2) is 0 Å². The molecule has 0 radical (unpaired) electrons. The molecular weight excluding hydrogens is 396 g/mol. The molecule has 0 bridgehead atoms. The van der Waals surface area contributed by atoms with Crippen molar-refractivity contribution in [2.75, 3.05) is 18.4 Å². The maximum Gasteiger partial charge on any atom is 0.243 e. The monoisotopic (exact) mass is 418 g/mol. The third-order valence-corrected chi connectivity index (χ3v) is 6.24. The molecule has 2 aromatic rings. The largest absolute Gasteiger partial charge is 0.326 e. The van der Waals surface area contributed by atoms with Gasteiger partial charge in [0.05, 0.1) is 4.90 Å². The number of carbonyl (C=O) groups excluding carboxylic acids is 1. The molecule has 0 aliphatic heterocycles. The fourth-order valence-electron chi connectivity index (χ4n) is 2.59. The van der Waals surface area contributed by atoms with Crippen molar-refractivity contribution in [1.82, 2.24) is 4.31 Å². The molecule has 5 nitrogen and oxygen atoms in total. The molecular formula is C21H23ClN2O3S. The summed E-state index contributed by atoms with van der Waals surface area (Å²) >= 11 is 6.09. The van der Waals surface area contributed by atoms with Crippen LogP contribution in [0.15, 0.2) is 78.7 Å². The molecule has 0 aliphatic rings. The molecule has 1 N–H and O–H groups in total. The Hall–Kier alpha value is -2.41. The van der Waals surface area contributed by atoms with Crippen LogP contribution in [0.1, 0.15) is 12.0 Å². The van der Waals surface area contributed by atoms with Crippen molar-refractivity contribution < 1.29 is 13.2 Å². The molecule has 0 unspecified atom stereocenters. The Bertz CT molecular complexity index is 930. The summed E-state index contributed by atoms with van der Waals surface area (Å²) in [6.07, 6.45) is 3.84. The Kier molecular flexibility index (Phi) is 7.99. The molecule has 0 saturated carbocycles. The molecule has 0 aliphatic carbocycles. The van der Waals surface area contributed by atoms with Gasteiger partial charge in [0.2, 0.25) is 15.9 Å². The molecule has 148 valence electrons. The van der Waals surface area contributed by atoms with Crippen molar-refractivity contribution in [3.8, 4) is 0 Å². The van der Waals surface area contributed by atoms with Gasteiger partial charge in [0, 0.05) is 30.2 Å². The predicted octanol–water partition coefficient (Wildman–Crippen LogP) is 4.27. The van der Waals surface area contributed by atoms with E-state index in [0.29, 0.717) is 17.1 Å². The van der Waals surface area contributed by atoms with E-state index in [1.54, 1.807) is 18.2 Å². The molecule has 0 fully saturated rings. The molecule has 0 aromatic heterocycles. The van der Waals surface area contributed by atoms with Crippen molar-refractivity contribution in [3.63, 3.8) is 0 Å².